The van der Waals surface area contributed by atoms with Crippen molar-refractivity contribution in [2.75, 3.05) is 31.3 Å². The molecule has 3 atom stereocenters. The number of nitriles is 1. The zero-order valence-corrected chi connectivity index (χ0v) is 26.0. The standard InChI is InChI=1S/C33H35F3N4O4S/c1-4-45(43,44)28-16-9-23(10-17-28)29(19-20-37)38-31(41)24-7-14-27(15-8-24)40-21-25(11-18-30(40)32(42)39(2)3)22-5-12-26(13-6-22)33(34,35)36/h5-10,12-17,25,29-30H,4,11,18-19,21H2,1-3H3,(H,38,41)/t25?,29-,30?/m1/s1. The Kier molecular flexibility index (Phi) is 10.2. The van der Waals surface area contributed by atoms with Gasteiger partial charge in [0.15, 0.2) is 9.84 Å². The summed E-state index contributed by atoms with van der Waals surface area (Å²) in [5.41, 5.74) is 1.63. The highest BCUT2D eigenvalue weighted by molar-refractivity contribution is 7.91. The quantitative estimate of drug-likeness (QED) is 0.320. The van der Waals surface area contributed by atoms with Gasteiger partial charge in [-0.05, 0) is 72.5 Å². The van der Waals surface area contributed by atoms with E-state index in [4.69, 9.17) is 0 Å². The monoisotopic (exact) mass is 640 g/mol. The summed E-state index contributed by atoms with van der Waals surface area (Å²) in [5, 5.41) is 12.2. The first-order valence-corrected chi connectivity index (χ1v) is 16.2. The van der Waals surface area contributed by atoms with Gasteiger partial charge in [0.2, 0.25) is 5.91 Å². The molecule has 1 N–H and O–H groups in total. The van der Waals surface area contributed by atoms with Gasteiger partial charge in [-0.2, -0.15) is 18.4 Å². The van der Waals surface area contributed by atoms with Crippen LogP contribution in [-0.2, 0) is 20.8 Å². The SMILES string of the molecule is CCS(=O)(=O)c1ccc([C@@H](CC#N)NC(=O)c2ccc(N3CC(c4ccc(C(F)(F)F)cc4)CCC3C(=O)N(C)C)cc2)cc1. The minimum Gasteiger partial charge on any atom is -0.359 e. The first kappa shape index (κ1) is 33.5. The summed E-state index contributed by atoms with van der Waals surface area (Å²) in [6, 6.07) is 18.8. The molecule has 238 valence electrons. The third-order valence-corrected chi connectivity index (χ3v) is 9.85. The van der Waals surface area contributed by atoms with E-state index in [1.165, 1.54) is 29.2 Å². The Morgan fingerprint density at radius 3 is 2.16 bits per heavy atom. The van der Waals surface area contributed by atoms with E-state index in [0.29, 0.717) is 36.2 Å². The maximum Gasteiger partial charge on any atom is 0.416 e. The minimum atomic E-state index is -4.43. The molecule has 1 fully saturated rings. The minimum absolute atomic E-state index is 0.0306. The number of carbonyl (C=O) groups is 2. The fourth-order valence-corrected chi connectivity index (χ4v) is 6.37. The Morgan fingerprint density at radius 2 is 1.62 bits per heavy atom. The second-order valence-corrected chi connectivity index (χ2v) is 13.5. The van der Waals surface area contributed by atoms with Crippen molar-refractivity contribution < 1.29 is 31.2 Å². The Bertz CT molecular complexity index is 1650. The van der Waals surface area contributed by atoms with Crippen molar-refractivity contribution in [1.29, 1.82) is 5.26 Å². The molecule has 3 aromatic rings. The lowest BCUT2D eigenvalue weighted by atomic mass is 9.86. The average Bonchev–Trinajstić information content (AvgIpc) is 3.03. The van der Waals surface area contributed by atoms with Gasteiger partial charge in [-0.1, -0.05) is 31.2 Å². The summed E-state index contributed by atoms with van der Waals surface area (Å²) >= 11 is 0. The van der Waals surface area contributed by atoms with Gasteiger partial charge >= 0.3 is 6.18 Å². The number of benzene rings is 3. The van der Waals surface area contributed by atoms with Crippen LogP contribution in [0.1, 0.15) is 65.2 Å². The number of halogens is 3. The molecular weight excluding hydrogens is 605 g/mol. The smallest absolute Gasteiger partial charge is 0.359 e. The van der Waals surface area contributed by atoms with Crippen LogP contribution in [-0.4, -0.2) is 57.6 Å². The highest BCUT2D eigenvalue weighted by Crippen LogP contribution is 2.36. The Balaban J connectivity index is 1.54. The maximum absolute atomic E-state index is 13.2. The van der Waals surface area contributed by atoms with Crippen molar-refractivity contribution in [3.05, 3.63) is 95.1 Å². The van der Waals surface area contributed by atoms with Crippen molar-refractivity contribution in [1.82, 2.24) is 10.2 Å². The van der Waals surface area contributed by atoms with E-state index < -0.39 is 39.6 Å². The lowest BCUT2D eigenvalue weighted by Crippen LogP contribution is -2.51. The normalized spacial score (nSPS) is 17.7. The summed E-state index contributed by atoms with van der Waals surface area (Å²) in [7, 11) is -0.0534. The average molecular weight is 641 g/mol. The lowest BCUT2D eigenvalue weighted by molar-refractivity contribution is -0.137. The molecule has 0 radical (unpaired) electrons. The van der Waals surface area contributed by atoms with Crippen LogP contribution in [0.4, 0.5) is 18.9 Å². The number of anilines is 1. The largest absolute Gasteiger partial charge is 0.416 e. The molecule has 1 aliphatic heterocycles. The molecule has 0 aromatic heterocycles. The number of carbonyl (C=O) groups excluding carboxylic acids is 2. The van der Waals surface area contributed by atoms with Gasteiger partial charge in [0, 0.05) is 37.8 Å². The molecule has 12 heteroatoms. The van der Waals surface area contributed by atoms with Crippen LogP contribution in [0.15, 0.2) is 77.7 Å². The molecule has 1 saturated heterocycles. The van der Waals surface area contributed by atoms with Gasteiger partial charge in [-0.3, -0.25) is 9.59 Å². The fourth-order valence-electron chi connectivity index (χ4n) is 5.49. The van der Waals surface area contributed by atoms with Crippen LogP contribution in [0, 0.1) is 11.3 Å². The Labute approximate surface area is 261 Å². The number of nitrogens with one attached hydrogen (secondary N) is 1. The third kappa shape index (κ3) is 7.84. The molecule has 0 spiro atoms. The second-order valence-electron chi connectivity index (χ2n) is 11.2. The molecule has 45 heavy (non-hydrogen) atoms. The zero-order valence-electron chi connectivity index (χ0n) is 25.2. The summed E-state index contributed by atoms with van der Waals surface area (Å²) in [6.45, 7) is 1.95. The molecule has 0 bridgehead atoms. The second kappa shape index (κ2) is 13.7. The van der Waals surface area contributed by atoms with Crippen molar-refractivity contribution in [3.8, 4) is 6.07 Å². The number of alkyl halides is 3. The van der Waals surface area contributed by atoms with Crippen molar-refractivity contribution >= 4 is 27.3 Å². The lowest BCUT2D eigenvalue weighted by Gasteiger charge is -2.41. The molecule has 8 nitrogen and oxygen atoms in total. The van der Waals surface area contributed by atoms with Crippen LogP contribution in [0.25, 0.3) is 0 Å². The van der Waals surface area contributed by atoms with E-state index in [9.17, 15) is 36.4 Å². The number of piperidine rings is 1. The topological polar surface area (TPSA) is 111 Å². The first-order valence-electron chi connectivity index (χ1n) is 14.5. The number of nitrogens with zero attached hydrogens (tertiary/aromatic N) is 3. The summed E-state index contributed by atoms with van der Waals surface area (Å²) in [5.74, 6) is -0.682. The number of hydrogen-bond donors (Lipinski definition) is 1. The molecule has 1 aliphatic rings. The molecule has 1 heterocycles. The number of hydrogen-bond acceptors (Lipinski definition) is 6. The molecule has 4 rings (SSSR count). The van der Waals surface area contributed by atoms with E-state index in [-0.39, 0.29) is 28.9 Å². The first-order chi connectivity index (χ1) is 21.2. The molecule has 2 unspecified atom stereocenters. The molecule has 3 aromatic carbocycles. The third-order valence-electron chi connectivity index (χ3n) is 8.10. The fraction of sp³-hybridized carbons (Fsp3) is 0.364. The molecule has 0 aliphatic carbocycles. The molecular formula is C33H35F3N4O4S. The summed E-state index contributed by atoms with van der Waals surface area (Å²) in [6.07, 6.45) is -3.33. The summed E-state index contributed by atoms with van der Waals surface area (Å²) < 4.78 is 63.6. The van der Waals surface area contributed by atoms with Gasteiger partial charge in [0.25, 0.3) is 5.91 Å². The molecule has 0 saturated carbocycles. The van der Waals surface area contributed by atoms with Crippen LogP contribution >= 0.6 is 0 Å². The Hall–Kier alpha value is -4.37. The number of likely N-dealkylation sites (N-methyl/N-ethyl adjacent to an activating group) is 1. The van der Waals surface area contributed by atoms with Crippen LogP contribution in [0.5, 0.6) is 0 Å². The van der Waals surface area contributed by atoms with Gasteiger partial charge in [-0.15, -0.1) is 0 Å². The number of rotatable bonds is 9. The van der Waals surface area contributed by atoms with E-state index >= 15 is 0 Å². The highest BCUT2D eigenvalue weighted by Gasteiger charge is 2.35. The van der Waals surface area contributed by atoms with Crippen LogP contribution < -0.4 is 10.2 Å². The number of amides is 2. The highest BCUT2D eigenvalue weighted by atomic mass is 32.2. The predicted octanol–water partition coefficient (Wildman–Crippen LogP) is 5.72. The van der Waals surface area contributed by atoms with Gasteiger partial charge in [0.1, 0.15) is 6.04 Å². The number of sulfone groups is 1. The van der Waals surface area contributed by atoms with Gasteiger partial charge in [0.05, 0.1) is 34.7 Å². The summed E-state index contributed by atoms with van der Waals surface area (Å²) in [4.78, 5) is 29.9. The van der Waals surface area contributed by atoms with E-state index in [2.05, 4.69) is 11.4 Å². The van der Waals surface area contributed by atoms with E-state index in [1.807, 2.05) is 4.90 Å². The maximum atomic E-state index is 13.2. The molecule has 2 amide bonds. The van der Waals surface area contributed by atoms with Gasteiger partial charge in [-0.25, -0.2) is 8.42 Å². The van der Waals surface area contributed by atoms with Crippen molar-refractivity contribution in [2.24, 2.45) is 0 Å². The van der Waals surface area contributed by atoms with Crippen LogP contribution in [0.2, 0.25) is 0 Å². The van der Waals surface area contributed by atoms with Crippen molar-refractivity contribution in [2.45, 2.75) is 55.3 Å². The van der Waals surface area contributed by atoms with Crippen LogP contribution in [0.3, 0.4) is 0 Å². The van der Waals surface area contributed by atoms with Gasteiger partial charge < -0.3 is 15.1 Å². The zero-order chi connectivity index (χ0) is 32.9. The van der Waals surface area contributed by atoms with E-state index in [1.54, 1.807) is 57.4 Å². The predicted molar refractivity (Wildman–Crippen MR) is 164 cm³/mol. The van der Waals surface area contributed by atoms with E-state index in [0.717, 1.165) is 17.7 Å². The Morgan fingerprint density at radius 1 is 1.00 bits per heavy atom. The van der Waals surface area contributed by atoms with Crippen molar-refractivity contribution in [3.63, 3.8) is 0 Å².